The zero-order chi connectivity index (χ0) is 24.0. The Hall–Kier alpha value is -2.22. The number of hydrogen-bond acceptors (Lipinski definition) is 5. The number of rotatable bonds is 8. The van der Waals surface area contributed by atoms with Gasteiger partial charge in [-0.25, -0.2) is 4.79 Å². The van der Waals surface area contributed by atoms with Crippen LogP contribution in [0, 0.1) is 0 Å². The molecule has 0 bridgehead atoms. The Morgan fingerprint density at radius 1 is 1.18 bits per heavy atom. The number of aryl methyl sites for hydroxylation is 1. The fourth-order valence-electron chi connectivity index (χ4n) is 3.68. The van der Waals surface area contributed by atoms with Crippen LogP contribution in [0.15, 0.2) is 42.5 Å². The molecule has 2 amide bonds. The molecule has 2 atom stereocenters. The number of amides is 2. The van der Waals surface area contributed by atoms with Crippen LogP contribution in [-0.2, 0) is 20.7 Å². The Balaban J connectivity index is 1.69. The van der Waals surface area contributed by atoms with Gasteiger partial charge in [-0.3, -0.25) is 9.59 Å². The number of para-hydroxylation sites is 1. The fraction of sp³-hybridized carbons (Fsp3) is 0.375. The summed E-state index contributed by atoms with van der Waals surface area (Å²) in [4.78, 5) is 40.4. The number of hydrogen-bond donors (Lipinski definition) is 1. The number of ether oxygens (including phenoxy) is 1. The van der Waals surface area contributed by atoms with Crippen molar-refractivity contribution in [1.29, 1.82) is 0 Å². The van der Waals surface area contributed by atoms with E-state index in [1.165, 1.54) is 23.9 Å². The second-order valence-electron chi connectivity index (χ2n) is 7.73. The molecule has 0 saturated heterocycles. The Labute approximate surface area is 207 Å². The summed E-state index contributed by atoms with van der Waals surface area (Å²) < 4.78 is 5.52. The minimum atomic E-state index is -0.989. The number of esters is 1. The molecule has 2 aromatic rings. The monoisotopic (exact) mass is 508 g/mol. The third-order valence-electron chi connectivity index (χ3n) is 5.39. The van der Waals surface area contributed by atoms with Crippen molar-refractivity contribution in [2.24, 2.45) is 0 Å². The largest absolute Gasteiger partial charge is 0.451 e. The third-order valence-corrected chi connectivity index (χ3v) is 6.58. The average molecular weight is 509 g/mol. The van der Waals surface area contributed by atoms with Gasteiger partial charge >= 0.3 is 5.97 Å². The number of halogens is 2. The maximum atomic E-state index is 13.1. The lowest BCUT2D eigenvalue weighted by atomic mass is 10.0. The van der Waals surface area contributed by atoms with E-state index >= 15 is 0 Å². The van der Waals surface area contributed by atoms with E-state index in [2.05, 4.69) is 5.32 Å². The van der Waals surface area contributed by atoms with Crippen molar-refractivity contribution in [1.82, 2.24) is 5.32 Å². The molecule has 0 fully saturated rings. The van der Waals surface area contributed by atoms with Crippen LogP contribution in [0.3, 0.4) is 0 Å². The van der Waals surface area contributed by atoms with Crippen LogP contribution in [-0.4, -0.2) is 48.5 Å². The van der Waals surface area contributed by atoms with Crippen LogP contribution in [0.5, 0.6) is 0 Å². The molecule has 1 aliphatic rings. The smallest absolute Gasteiger partial charge is 0.329 e. The number of benzene rings is 2. The summed E-state index contributed by atoms with van der Waals surface area (Å²) >= 11 is 13.6. The predicted octanol–water partition coefficient (Wildman–Crippen LogP) is 4.76. The first-order valence-electron chi connectivity index (χ1n) is 10.7. The summed E-state index contributed by atoms with van der Waals surface area (Å²) in [6.45, 7) is 2.13. The van der Waals surface area contributed by atoms with E-state index in [9.17, 15) is 14.4 Å². The van der Waals surface area contributed by atoms with E-state index in [1.807, 2.05) is 30.5 Å². The molecule has 33 heavy (non-hydrogen) atoms. The molecule has 1 heterocycles. The average Bonchev–Trinajstić information content (AvgIpc) is 2.80. The molecule has 1 N–H and O–H groups in total. The standard InChI is InChI=1S/C24H26Cl2N2O4S/c1-15(23(30)28-12-5-7-16-6-3-4-8-21(16)28)32-24(31)20(11-13-33-2)27-22(29)18-10-9-17(25)14-19(18)26/h3-4,6,8-10,14-15,20H,5,7,11-13H2,1-2H3,(H,27,29)/t15-,20-/m1/s1. The maximum Gasteiger partial charge on any atom is 0.329 e. The minimum absolute atomic E-state index is 0.185. The summed E-state index contributed by atoms with van der Waals surface area (Å²) in [5.74, 6) is -0.834. The fourth-order valence-corrected chi connectivity index (χ4v) is 4.65. The van der Waals surface area contributed by atoms with Crippen molar-refractivity contribution >= 4 is 58.4 Å². The molecule has 0 radical (unpaired) electrons. The van der Waals surface area contributed by atoms with Gasteiger partial charge in [-0.15, -0.1) is 0 Å². The van der Waals surface area contributed by atoms with Crippen molar-refractivity contribution in [2.45, 2.75) is 38.3 Å². The van der Waals surface area contributed by atoms with Crippen LogP contribution in [0.25, 0.3) is 0 Å². The van der Waals surface area contributed by atoms with E-state index in [0.29, 0.717) is 23.7 Å². The number of thioether (sulfide) groups is 1. The molecular weight excluding hydrogens is 483 g/mol. The van der Waals surface area contributed by atoms with Gasteiger partial charge in [-0.2, -0.15) is 11.8 Å². The SMILES string of the molecule is CSCC[C@@H](NC(=O)c1ccc(Cl)cc1Cl)C(=O)O[C@H](C)C(=O)N1CCCc2ccccc21. The van der Waals surface area contributed by atoms with Crippen molar-refractivity contribution in [3.05, 3.63) is 63.6 Å². The Morgan fingerprint density at radius 2 is 1.94 bits per heavy atom. The molecule has 0 spiro atoms. The van der Waals surface area contributed by atoms with E-state index < -0.39 is 24.0 Å². The van der Waals surface area contributed by atoms with Gasteiger partial charge in [-0.05, 0) is 68.0 Å². The number of nitrogens with zero attached hydrogens (tertiary/aromatic N) is 1. The summed E-state index contributed by atoms with van der Waals surface area (Å²) in [7, 11) is 0. The van der Waals surface area contributed by atoms with Gasteiger partial charge in [0, 0.05) is 17.3 Å². The predicted molar refractivity (Wildman–Crippen MR) is 133 cm³/mol. The van der Waals surface area contributed by atoms with E-state index in [0.717, 1.165) is 24.1 Å². The highest BCUT2D eigenvalue weighted by Crippen LogP contribution is 2.27. The van der Waals surface area contributed by atoms with Crippen molar-refractivity contribution in [3.8, 4) is 0 Å². The summed E-state index contributed by atoms with van der Waals surface area (Å²) in [5.41, 5.74) is 2.15. The van der Waals surface area contributed by atoms with Gasteiger partial charge in [0.25, 0.3) is 11.8 Å². The number of carbonyl (C=O) groups is 3. The topological polar surface area (TPSA) is 75.7 Å². The molecule has 0 saturated carbocycles. The van der Waals surface area contributed by atoms with Gasteiger partial charge in [-0.1, -0.05) is 41.4 Å². The quantitative estimate of drug-likeness (QED) is 0.520. The first kappa shape index (κ1) is 25.4. The van der Waals surface area contributed by atoms with Gasteiger partial charge in [0.2, 0.25) is 0 Å². The highest BCUT2D eigenvalue weighted by Gasteiger charge is 2.31. The highest BCUT2D eigenvalue weighted by atomic mass is 35.5. The van der Waals surface area contributed by atoms with Crippen LogP contribution in [0.2, 0.25) is 10.0 Å². The second-order valence-corrected chi connectivity index (χ2v) is 9.56. The van der Waals surface area contributed by atoms with E-state index in [1.54, 1.807) is 17.9 Å². The van der Waals surface area contributed by atoms with Crippen molar-refractivity contribution in [3.63, 3.8) is 0 Å². The van der Waals surface area contributed by atoms with Gasteiger partial charge < -0.3 is 15.0 Å². The molecule has 2 aromatic carbocycles. The second kappa shape index (κ2) is 11.8. The number of nitrogens with one attached hydrogen (secondary N) is 1. The van der Waals surface area contributed by atoms with Crippen molar-refractivity contribution < 1.29 is 19.1 Å². The molecule has 0 aliphatic carbocycles. The molecule has 0 aromatic heterocycles. The Bertz CT molecular complexity index is 1030. The molecule has 9 heteroatoms. The number of anilines is 1. The van der Waals surface area contributed by atoms with Gasteiger partial charge in [0.1, 0.15) is 6.04 Å². The lowest BCUT2D eigenvalue weighted by Crippen LogP contribution is -2.47. The normalized spacial score (nSPS) is 14.7. The minimum Gasteiger partial charge on any atom is -0.451 e. The number of carbonyl (C=O) groups excluding carboxylic acids is 3. The van der Waals surface area contributed by atoms with Gasteiger partial charge in [0.15, 0.2) is 6.10 Å². The molecule has 176 valence electrons. The summed E-state index contributed by atoms with van der Waals surface area (Å²) in [6.07, 6.45) is 3.02. The van der Waals surface area contributed by atoms with E-state index in [4.69, 9.17) is 27.9 Å². The molecule has 0 unspecified atom stereocenters. The maximum absolute atomic E-state index is 13.1. The molecular formula is C24H26Cl2N2O4S. The Morgan fingerprint density at radius 3 is 2.67 bits per heavy atom. The molecule has 6 nitrogen and oxygen atoms in total. The van der Waals surface area contributed by atoms with Crippen LogP contribution in [0.4, 0.5) is 5.69 Å². The first-order valence-corrected chi connectivity index (χ1v) is 12.8. The van der Waals surface area contributed by atoms with Crippen LogP contribution in [0.1, 0.15) is 35.7 Å². The summed E-state index contributed by atoms with van der Waals surface area (Å²) in [5, 5.41) is 3.28. The van der Waals surface area contributed by atoms with E-state index in [-0.39, 0.29) is 16.5 Å². The zero-order valence-electron chi connectivity index (χ0n) is 18.5. The van der Waals surface area contributed by atoms with Crippen LogP contribution < -0.4 is 10.2 Å². The van der Waals surface area contributed by atoms with Crippen molar-refractivity contribution in [2.75, 3.05) is 23.5 Å². The zero-order valence-corrected chi connectivity index (χ0v) is 20.8. The first-order chi connectivity index (χ1) is 15.8. The lowest BCUT2D eigenvalue weighted by Gasteiger charge is -2.31. The third kappa shape index (κ3) is 6.43. The molecule has 3 rings (SSSR count). The lowest BCUT2D eigenvalue weighted by molar-refractivity contribution is -0.155. The molecule has 1 aliphatic heterocycles. The van der Waals surface area contributed by atoms with Gasteiger partial charge in [0.05, 0.1) is 10.6 Å². The Kier molecular flexibility index (Phi) is 9.06. The highest BCUT2D eigenvalue weighted by molar-refractivity contribution is 7.98. The number of fused-ring (bicyclic) bond motifs is 1. The van der Waals surface area contributed by atoms with Crippen LogP contribution >= 0.6 is 35.0 Å². The summed E-state index contributed by atoms with van der Waals surface area (Å²) in [6, 6.07) is 11.3.